The van der Waals surface area contributed by atoms with Crippen LogP contribution < -0.4 is 5.73 Å². The summed E-state index contributed by atoms with van der Waals surface area (Å²) in [5.74, 6) is 0.719. The van der Waals surface area contributed by atoms with E-state index in [-0.39, 0.29) is 0 Å². The Morgan fingerprint density at radius 1 is 1.59 bits per heavy atom. The number of thiophene rings is 1. The number of hydrogen-bond donors (Lipinski definition) is 1. The molecule has 1 aliphatic carbocycles. The maximum atomic E-state index is 8.98. The Kier molecular flexibility index (Phi) is 2.30. The fourth-order valence-corrected chi connectivity index (χ4v) is 3.35. The Bertz CT molecular complexity index is 636. The molecule has 4 heteroatoms. The molecular weight excluding hydrogens is 230 g/mol. The van der Waals surface area contributed by atoms with Crippen molar-refractivity contribution in [2.75, 3.05) is 5.73 Å². The standard InChI is InChI=1S/C13H13N3S/c1-7-2-3-10-8(4-7)5-9-12(15)11(6-14)17-13(9)16-10/h5,7H,2-4,15H2,1H3. The number of hydrogen-bond acceptors (Lipinski definition) is 4. The largest absolute Gasteiger partial charge is 0.396 e. The van der Waals surface area contributed by atoms with Crippen LogP contribution in [0.5, 0.6) is 0 Å². The van der Waals surface area contributed by atoms with E-state index in [9.17, 15) is 0 Å². The van der Waals surface area contributed by atoms with Crippen molar-refractivity contribution in [1.82, 2.24) is 4.98 Å². The summed E-state index contributed by atoms with van der Waals surface area (Å²) in [7, 11) is 0. The second-order valence-electron chi connectivity index (χ2n) is 4.75. The Morgan fingerprint density at radius 2 is 2.41 bits per heavy atom. The lowest BCUT2D eigenvalue weighted by atomic mass is 9.87. The average Bonchev–Trinajstić information content (AvgIpc) is 2.63. The maximum absolute atomic E-state index is 8.98. The van der Waals surface area contributed by atoms with Crippen molar-refractivity contribution in [2.45, 2.75) is 26.2 Å². The summed E-state index contributed by atoms with van der Waals surface area (Å²) in [5.41, 5.74) is 9.07. The number of fused-ring (bicyclic) bond motifs is 2. The van der Waals surface area contributed by atoms with E-state index in [1.807, 2.05) is 0 Å². The summed E-state index contributed by atoms with van der Waals surface area (Å²) < 4.78 is 0. The second kappa shape index (κ2) is 3.71. The van der Waals surface area contributed by atoms with Gasteiger partial charge in [0.25, 0.3) is 0 Å². The number of aryl methyl sites for hydroxylation is 1. The Balaban J connectivity index is 2.24. The van der Waals surface area contributed by atoms with Gasteiger partial charge in [-0.05, 0) is 36.8 Å². The van der Waals surface area contributed by atoms with E-state index in [4.69, 9.17) is 11.0 Å². The van der Waals surface area contributed by atoms with Gasteiger partial charge < -0.3 is 5.73 Å². The Morgan fingerprint density at radius 3 is 3.18 bits per heavy atom. The molecule has 3 nitrogen and oxygen atoms in total. The third-order valence-corrected chi connectivity index (χ3v) is 4.45. The van der Waals surface area contributed by atoms with Crippen molar-refractivity contribution < 1.29 is 0 Å². The highest BCUT2D eigenvalue weighted by molar-refractivity contribution is 7.19. The molecule has 2 aromatic rings. The lowest BCUT2D eigenvalue weighted by molar-refractivity contribution is 0.495. The van der Waals surface area contributed by atoms with E-state index in [2.05, 4.69) is 24.0 Å². The van der Waals surface area contributed by atoms with Gasteiger partial charge in [-0.3, -0.25) is 0 Å². The molecule has 0 aliphatic heterocycles. The average molecular weight is 243 g/mol. The first-order valence-corrected chi connectivity index (χ1v) is 6.61. The summed E-state index contributed by atoms with van der Waals surface area (Å²) in [5, 5.41) is 9.94. The molecule has 86 valence electrons. The van der Waals surface area contributed by atoms with Gasteiger partial charge in [0.15, 0.2) is 0 Å². The van der Waals surface area contributed by atoms with Crippen LogP contribution in [0.4, 0.5) is 5.69 Å². The first-order chi connectivity index (χ1) is 8.19. The quantitative estimate of drug-likeness (QED) is 0.773. The second-order valence-corrected chi connectivity index (χ2v) is 5.75. The molecule has 0 fully saturated rings. The van der Waals surface area contributed by atoms with Gasteiger partial charge in [0, 0.05) is 11.1 Å². The lowest BCUT2D eigenvalue weighted by Gasteiger charge is -2.20. The van der Waals surface area contributed by atoms with Crippen LogP contribution in [0.15, 0.2) is 6.07 Å². The van der Waals surface area contributed by atoms with Crippen molar-refractivity contribution in [2.24, 2.45) is 5.92 Å². The molecule has 2 heterocycles. The molecule has 0 amide bonds. The number of anilines is 1. The number of rotatable bonds is 0. The van der Waals surface area contributed by atoms with Crippen LogP contribution in [-0.2, 0) is 12.8 Å². The van der Waals surface area contributed by atoms with Crippen molar-refractivity contribution in [3.05, 3.63) is 22.2 Å². The molecule has 0 aromatic carbocycles. The fraction of sp³-hybridized carbons (Fsp3) is 0.385. The summed E-state index contributed by atoms with van der Waals surface area (Å²) in [6.07, 6.45) is 3.33. The van der Waals surface area contributed by atoms with Gasteiger partial charge in [0.2, 0.25) is 0 Å². The minimum Gasteiger partial charge on any atom is -0.396 e. The van der Waals surface area contributed by atoms with Gasteiger partial charge in [0.1, 0.15) is 15.8 Å². The third-order valence-electron chi connectivity index (χ3n) is 3.43. The van der Waals surface area contributed by atoms with Crippen molar-refractivity contribution in [3.63, 3.8) is 0 Å². The maximum Gasteiger partial charge on any atom is 0.130 e. The molecular formula is C13H13N3S. The van der Waals surface area contributed by atoms with Gasteiger partial charge in [-0.2, -0.15) is 5.26 Å². The number of nitrogens with zero attached hydrogens (tertiary/aromatic N) is 2. The molecule has 0 bridgehead atoms. The van der Waals surface area contributed by atoms with Crippen LogP contribution in [0.2, 0.25) is 0 Å². The van der Waals surface area contributed by atoms with E-state index in [1.54, 1.807) is 0 Å². The van der Waals surface area contributed by atoms with Crippen LogP contribution in [0.3, 0.4) is 0 Å². The molecule has 2 N–H and O–H groups in total. The van der Waals surface area contributed by atoms with Crippen molar-refractivity contribution in [3.8, 4) is 6.07 Å². The molecule has 17 heavy (non-hydrogen) atoms. The SMILES string of the molecule is CC1CCc2nc3sc(C#N)c(N)c3cc2C1. The van der Waals surface area contributed by atoms with Crippen molar-refractivity contribution >= 4 is 27.2 Å². The first kappa shape index (κ1) is 10.5. The molecule has 0 spiro atoms. The van der Waals surface area contributed by atoms with Gasteiger partial charge in [-0.25, -0.2) is 4.98 Å². The topological polar surface area (TPSA) is 62.7 Å². The highest BCUT2D eigenvalue weighted by Gasteiger charge is 2.19. The molecule has 0 radical (unpaired) electrons. The molecule has 1 unspecified atom stereocenters. The van der Waals surface area contributed by atoms with E-state index in [0.717, 1.165) is 29.0 Å². The summed E-state index contributed by atoms with van der Waals surface area (Å²) in [6.45, 7) is 2.27. The van der Waals surface area contributed by atoms with Gasteiger partial charge in [-0.15, -0.1) is 11.3 Å². The summed E-state index contributed by atoms with van der Waals surface area (Å²) in [6, 6.07) is 4.28. The smallest absolute Gasteiger partial charge is 0.130 e. The minimum absolute atomic E-state index is 0.586. The van der Waals surface area contributed by atoms with E-state index < -0.39 is 0 Å². The Hall–Kier alpha value is -1.60. The highest BCUT2D eigenvalue weighted by Crippen LogP contribution is 2.35. The number of nitrogen functional groups attached to an aromatic ring is 1. The predicted molar refractivity (Wildman–Crippen MR) is 69.9 cm³/mol. The molecule has 0 saturated heterocycles. The lowest BCUT2D eigenvalue weighted by Crippen LogP contribution is -2.12. The zero-order valence-corrected chi connectivity index (χ0v) is 10.5. The van der Waals surface area contributed by atoms with Gasteiger partial charge in [-0.1, -0.05) is 6.92 Å². The van der Waals surface area contributed by atoms with Gasteiger partial charge >= 0.3 is 0 Å². The van der Waals surface area contributed by atoms with Crippen LogP contribution in [0, 0.1) is 17.2 Å². The van der Waals surface area contributed by atoms with Crippen LogP contribution in [-0.4, -0.2) is 4.98 Å². The first-order valence-electron chi connectivity index (χ1n) is 5.80. The molecule has 3 rings (SSSR count). The summed E-state index contributed by atoms with van der Waals surface area (Å²) >= 11 is 1.40. The Labute approximate surface area is 104 Å². The highest BCUT2D eigenvalue weighted by atomic mass is 32.1. The van der Waals surface area contributed by atoms with Crippen LogP contribution in [0.25, 0.3) is 10.2 Å². The summed E-state index contributed by atoms with van der Waals surface area (Å²) in [4.78, 5) is 6.16. The number of pyridine rings is 1. The fourth-order valence-electron chi connectivity index (χ4n) is 2.46. The van der Waals surface area contributed by atoms with E-state index in [0.29, 0.717) is 10.6 Å². The van der Waals surface area contributed by atoms with Gasteiger partial charge in [0.05, 0.1) is 5.69 Å². The van der Waals surface area contributed by atoms with Crippen LogP contribution in [0.1, 0.15) is 29.5 Å². The van der Waals surface area contributed by atoms with E-state index >= 15 is 0 Å². The molecule has 2 aromatic heterocycles. The molecule has 1 atom stereocenters. The predicted octanol–water partition coefficient (Wildman–Crippen LogP) is 2.87. The van der Waals surface area contributed by atoms with E-state index in [1.165, 1.54) is 29.0 Å². The van der Waals surface area contributed by atoms with Crippen molar-refractivity contribution in [1.29, 1.82) is 5.26 Å². The normalized spacial score (nSPS) is 18.9. The third kappa shape index (κ3) is 1.58. The monoisotopic (exact) mass is 243 g/mol. The van der Waals surface area contributed by atoms with Crippen LogP contribution >= 0.6 is 11.3 Å². The zero-order valence-electron chi connectivity index (χ0n) is 9.66. The minimum atomic E-state index is 0.586. The number of aromatic nitrogens is 1. The molecule has 0 saturated carbocycles. The zero-order chi connectivity index (χ0) is 12.0. The molecule has 1 aliphatic rings. The number of nitrogens with two attached hydrogens (primary N) is 1. The number of nitriles is 1.